The molecule has 172 valence electrons. The summed E-state index contributed by atoms with van der Waals surface area (Å²) in [6.45, 7) is 2.84. The molecule has 8 heteroatoms. The minimum absolute atomic E-state index is 0.116. The maximum Gasteiger partial charge on any atom is 0.251 e. The van der Waals surface area contributed by atoms with Crippen LogP contribution in [0.15, 0.2) is 72.8 Å². The van der Waals surface area contributed by atoms with E-state index >= 15 is 0 Å². The highest BCUT2D eigenvalue weighted by atomic mass is 32.2. The summed E-state index contributed by atoms with van der Waals surface area (Å²) in [7, 11) is -3.55. The summed E-state index contributed by atoms with van der Waals surface area (Å²) >= 11 is 0. The lowest BCUT2D eigenvalue weighted by atomic mass is 10.0. The highest BCUT2D eigenvalue weighted by molar-refractivity contribution is 7.92. The summed E-state index contributed by atoms with van der Waals surface area (Å²) in [6, 6.07) is 22.0. The van der Waals surface area contributed by atoms with Crippen molar-refractivity contribution in [1.82, 2.24) is 5.32 Å². The molecule has 0 radical (unpaired) electrons. The van der Waals surface area contributed by atoms with Crippen LogP contribution in [-0.2, 0) is 16.6 Å². The highest BCUT2D eigenvalue weighted by Gasteiger charge is 2.22. The van der Waals surface area contributed by atoms with Gasteiger partial charge < -0.3 is 14.8 Å². The lowest BCUT2D eigenvalue weighted by molar-refractivity contribution is 0.0951. The largest absolute Gasteiger partial charge is 0.454 e. The molecule has 4 rings (SSSR count). The van der Waals surface area contributed by atoms with Gasteiger partial charge in [-0.2, -0.15) is 0 Å². The van der Waals surface area contributed by atoms with Crippen molar-refractivity contribution < 1.29 is 22.7 Å². The third-order valence-electron chi connectivity index (χ3n) is 5.52. The summed E-state index contributed by atoms with van der Waals surface area (Å²) in [6.07, 6.45) is 1.16. The van der Waals surface area contributed by atoms with Gasteiger partial charge in [0.25, 0.3) is 5.91 Å². The topological polar surface area (TPSA) is 84.9 Å². The summed E-state index contributed by atoms with van der Waals surface area (Å²) in [4.78, 5) is 12.6. The van der Waals surface area contributed by atoms with Gasteiger partial charge >= 0.3 is 0 Å². The van der Waals surface area contributed by atoms with Crippen molar-refractivity contribution in [2.75, 3.05) is 23.9 Å². The van der Waals surface area contributed by atoms with Gasteiger partial charge in [-0.3, -0.25) is 9.10 Å². The SMILES string of the molecule is C[C@H](CNC(=O)c1ccc(CN(c2ccc3c(c2)OCO3)S(C)(=O)=O)cc1)c1ccccc1. The van der Waals surface area contributed by atoms with E-state index in [9.17, 15) is 13.2 Å². The number of benzene rings is 3. The maximum atomic E-state index is 12.6. The van der Waals surface area contributed by atoms with Crippen molar-refractivity contribution in [3.63, 3.8) is 0 Å². The molecule has 0 aliphatic carbocycles. The monoisotopic (exact) mass is 466 g/mol. The van der Waals surface area contributed by atoms with Crippen LogP contribution >= 0.6 is 0 Å². The van der Waals surface area contributed by atoms with Gasteiger partial charge in [-0.15, -0.1) is 0 Å². The number of anilines is 1. The predicted octanol–water partition coefficient (Wildman–Crippen LogP) is 3.92. The maximum absolute atomic E-state index is 12.6. The molecular formula is C25H26N2O5S. The van der Waals surface area contributed by atoms with Crippen molar-refractivity contribution in [3.8, 4) is 11.5 Å². The number of rotatable bonds is 8. The summed E-state index contributed by atoms with van der Waals surface area (Å²) in [5.74, 6) is 1.13. The van der Waals surface area contributed by atoms with Gasteiger partial charge in [-0.1, -0.05) is 49.4 Å². The van der Waals surface area contributed by atoms with Crippen molar-refractivity contribution >= 4 is 21.6 Å². The Morgan fingerprint density at radius 2 is 1.70 bits per heavy atom. The molecular weight excluding hydrogens is 440 g/mol. The fourth-order valence-electron chi connectivity index (χ4n) is 3.61. The molecule has 0 fully saturated rings. The molecule has 1 atom stereocenters. The van der Waals surface area contributed by atoms with Crippen molar-refractivity contribution in [3.05, 3.63) is 89.5 Å². The zero-order valence-corrected chi connectivity index (χ0v) is 19.3. The van der Waals surface area contributed by atoms with E-state index in [1.54, 1.807) is 42.5 Å². The number of carbonyl (C=O) groups excluding carboxylic acids is 1. The van der Waals surface area contributed by atoms with Crippen molar-refractivity contribution in [2.24, 2.45) is 0 Å². The number of nitrogens with zero attached hydrogens (tertiary/aromatic N) is 1. The van der Waals surface area contributed by atoms with Crippen LogP contribution in [-0.4, -0.2) is 33.9 Å². The van der Waals surface area contributed by atoms with Gasteiger partial charge in [-0.05, 0) is 41.3 Å². The third-order valence-corrected chi connectivity index (χ3v) is 6.66. The van der Waals surface area contributed by atoms with Gasteiger partial charge in [0.1, 0.15) is 0 Å². The number of hydrogen-bond donors (Lipinski definition) is 1. The van der Waals surface area contributed by atoms with Crippen LogP contribution in [0.5, 0.6) is 11.5 Å². The average molecular weight is 467 g/mol. The van der Waals surface area contributed by atoms with Gasteiger partial charge in [0.05, 0.1) is 18.5 Å². The van der Waals surface area contributed by atoms with Crippen LogP contribution in [0.3, 0.4) is 0 Å². The summed E-state index contributed by atoms with van der Waals surface area (Å²) < 4.78 is 36.9. The molecule has 0 spiro atoms. The number of nitrogens with one attached hydrogen (secondary N) is 1. The first-order valence-corrected chi connectivity index (χ1v) is 12.5. The first kappa shape index (κ1) is 22.7. The lowest BCUT2D eigenvalue weighted by Crippen LogP contribution is -2.29. The van der Waals surface area contributed by atoms with Crippen LogP contribution in [0, 0.1) is 0 Å². The molecule has 1 N–H and O–H groups in total. The molecule has 0 unspecified atom stereocenters. The number of ether oxygens (including phenoxy) is 2. The summed E-state index contributed by atoms with van der Waals surface area (Å²) in [5.41, 5.74) is 2.93. The minimum atomic E-state index is -3.55. The number of fused-ring (bicyclic) bond motifs is 1. The molecule has 0 aromatic heterocycles. The Bertz CT molecular complexity index is 1230. The van der Waals surface area contributed by atoms with E-state index in [0.29, 0.717) is 29.3 Å². The number of carbonyl (C=O) groups is 1. The normalized spacial score (nSPS) is 13.4. The smallest absolute Gasteiger partial charge is 0.251 e. The second-order valence-electron chi connectivity index (χ2n) is 8.03. The fraction of sp³-hybridized carbons (Fsp3) is 0.240. The quantitative estimate of drug-likeness (QED) is 0.544. The van der Waals surface area contributed by atoms with Crippen LogP contribution in [0.25, 0.3) is 0 Å². The van der Waals surface area contributed by atoms with Crippen molar-refractivity contribution in [2.45, 2.75) is 19.4 Å². The van der Waals surface area contributed by atoms with Crippen molar-refractivity contribution in [1.29, 1.82) is 0 Å². The molecule has 1 amide bonds. The molecule has 1 aliphatic heterocycles. The summed E-state index contributed by atoms with van der Waals surface area (Å²) in [5, 5.41) is 2.96. The second-order valence-corrected chi connectivity index (χ2v) is 9.93. The molecule has 1 heterocycles. The zero-order valence-electron chi connectivity index (χ0n) is 18.5. The van der Waals surface area contributed by atoms with E-state index in [1.807, 2.05) is 30.3 Å². The Kier molecular flexibility index (Phi) is 6.55. The number of hydrogen-bond acceptors (Lipinski definition) is 5. The van der Waals surface area contributed by atoms with Crippen LogP contribution in [0.1, 0.15) is 34.3 Å². The number of sulfonamides is 1. The molecule has 0 bridgehead atoms. The molecule has 0 saturated carbocycles. The first-order chi connectivity index (χ1) is 15.8. The Hall–Kier alpha value is -3.52. The minimum Gasteiger partial charge on any atom is -0.454 e. The molecule has 3 aromatic carbocycles. The Morgan fingerprint density at radius 3 is 2.39 bits per heavy atom. The first-order valence-electron chi connectivity index (χ1n) is 10.6. The lowest BCUT2D eigenvalue weighted by Gasteiger charge is -2.23. The van der Waals surface area contributed by atoms with E-state index in [-0.39, 0.29) is 25.2 Å². The standard InChI is InChI=1S/C25H26N2O5S/c1-18(20-6-4-3-5-7-20)15-26-25(28)21-10-8-19(9-11-21)16-27(33(2,29)30)22-12-13-23-24(14-22)32-17-31-23/h3-14,18H,15-17H2,1-2H3,(H,26,28)/t18-/m1/s1. The average Bonchev–Trinajstić information content (AvgIpc) is 3.29. The molecule has 33 heavy (non-hydrogen) atoms. The zero-order chi connectivity index (χ0) is 23.4. The van der Waals surface area contributed by atoms with Crippen LogP contribution in [0.2, 0.25) is 0 Å². The van der Waals surface area contributed by atoms with E-state index in [1.165, 1.54) is 4.31 Å². The van der Waals surface area contributed by atoms with E-state index in [4.69, 9.17) is 9.47 Å². The van der Waals surface area contributed by atoms with Crippen LogP contribution < -0.4 is 19.1 Å². The van der Waals surface area contributed by atoms with Crippen LogP contribution in [0.4, 0.5) is 5.69 Å². The molecule has 7 nitrogen and oxygen atoms in total. The molecule has 1 aliphatic rings. The molecule has 0 saturated heterocycles. The van der Waals surface area contributed by atoms with Gasteiger partial charge in [0.15, 0.2) is 11.5 Å². The van der Waals surface area contributed by atoms with Gasteiger partial charge in [0.2, 0.25) is 16.8 Å². The fourth-order valence-corrected chi connectivity index (χ4v) is 4.50. The van der Waals surface area contributed by atoms with Gasteiger partial charge in [0, 0.05) is 18.2 Å². The Balaban J connectivity index is 1.42. The predicted molar refractivity (Wildman–Crippen MR) is 127 cm³/mol. The Morgan fingerprint density at radius 1 is 1.00 bits per heavy atom. The highest BCUT2D eigenvalue weighted by Crippen LogP contribution is 2.36. The second kappa shape index (κ2) is 9.54. The molecule has 3 aromatic rings. The Labute approximate surface area is 194 Å². The van der Waals surface area contributed by atoms with E-state index in [2.05, 4.69) is 12.2 Å². The van der Waals surface area contributed by atoms with E-state index in [0.717, 1.165) is 17.4 Å². The number of amides is 1. The van der Waals surface area contributed by atoms with Gasteiger partial charge in [-0.25, -0.2) is 8.42 Å². The van der Waals surface area contributed by atoms with E-state index < -0.39 is 10.0 Å². The third kappa shape index (κ3) is 5.46.